The fourth-order valence-corrected chi connectivity index (χ4v) is 2.66. The molecule has 1 N–H and O–H groups in total. The molecule has 1 aromatic heterocycles. The van der Waals surface area contributed by atoms with E-state index in [-0.39, 0.29) is 17.2 Å². The summed E-state index contributed by atoms with van der Waals surface area (Å²) in [5.41, 5.74) is 1.84. The minimum Gasteiger partial charge on any atom is -0.440 e. The topological polar surface area (TPSA) is 98.3 Å². The molecule has 3 aromatic rings. The van der Waals surface area contributed by atoms with Crippen molar-refractivity contribution in [1.29, 1.82) is 0 Å². The molecule has 8 heteroatoms. The third kappa shape index (κ3) is 3.53. The number of anilines is 1. The molecule has 0 fully saturated rings. The predicted molar refractivity (Wildman–Crippen MR) is 96.8 cm³/mol. The fourth-order valence-electron chi connectivity index (χ4n) is 2.27. The zero-order chi connectivity index (χ0) is 18.1. The first-order valence-corrected chi connectivity index (χ1v) is 8.30. The number of rotatable bonds is 4. The second-order valence-corrected chi connectivity index (χ2v) is 6.62. The number of hydrogen-bond donors (Lipinski definition) is 1. The SMILES string of the molecule is CC(C)c1nc2cc(NC(=O)c3ccc(Br)c([N+](=O)[O-])c3)ccc2o1. The average molecular weight is 404 g/mol. The van der Waals surface area contributed by atoms with Crippen LogP contribution in [0.15, 0.2) is 45.3 Å². The zero-order valence-corrected chi connectivity index (χ0v) is 15.0. The predicted octanol–water partition coefficient (Wildman–Crippen LogP) is 4.87. The highest BCUT2D eigenvalue weighted by Crippen LogP contribution is 2.27. The summed E-state index contributed by atoms with van der Waals surface area (Å²) in [6, 6.07) is 9.35. The van der Waals surface area contributed by atoms with Gasteiger partial charge in [0.05, 0.1) is 9.40 Å². The highest BCUT2D eigenvalue weighted by Gasteiger charge is 2.16. The molecule has 0 atom stereocenters. The van der Waals surface area contributed by atoms with Crippen molar-refractivity contribution in [1.82, 2.24) is 4.98 Å². The lowest BCUT2D eigenvalue weighted by molar-refractivity contribution is -0.385. The number of benzene rings is 2. The summed E-state index contributed by atoms with van der Waals surface area (Å²) in [4.78, 5) is 27.2. The molecule has 0 aliphatic heterocycles. The van der Waals surface area contributed by atoms with Crippen LogP contribution in [0.1, 0.15) is 36.0 Å². The average Bonchev–Trinajstić information content (AvgIpc) is 2.98. The molecule has 25 heavy (non-hydrogen) atoms. The van der Waals surface area contributed by atoms with Crippen molar-refractivity contribution in [2.75, 3.05) is 5.32 Å². The summed E-state index contributed by atoms with van der Waals surface area (Å²) < 4.78 is 5.94. The molecule has 0 saturated heterocycles. The van der Waals surface area contributed by atoms with E-state index < -0.39 is 10.8 Å². The van der Waals surface area contributed by atoms with E-state index in [1.54, 1.807) is 18.2 Å². The van der Waals surface area contributed by atoms with Crippen molar-refractivity contribution in [3.8, 4) is 0 Å². The van der Waals surface area contributed by atoms with Crippen molar-refractivity contribution < 1.29 is 14.1 Å². The molecule has 1 heterocycles. The number of aromatic nitrogens is 1. The third-order valence-electron chi connectivity index (χ3n) is 3.56. The number of nitro groups is 1. The van der Waals surface area contributed by atoms with Gasteiger partial charge in [0.15, 0.2) is 11.5 Å². The van der Waals surface area contributed by atoms with Crippen LogP contribution in [-0.2, 0) is 0 Å². The maximum absolute atomic E-state index is 12.4. The summed E-state index contributed by atoms with van der Waals surface area (Å²) in [6.45, 7) is 3.96. The van der Waals surface area contributed by atoms with Crippen molar-refractivity contribution in [2.45, 2.75) is 19.8 Å². The Morgan fingerprint density at radius 1 is 1.28 bits per heavy atom. The Balaban J connectivity index is 1.86. The Kier molecular flexibility index (Phi) is 4.54. The van der Waals surface area contributed by atoms with Crippen LogP contribution >= 0.6 is 15.9 Å². The van der Waals surface area contributed by atoms with Gasteiger partial charge in [-0.3, -0.25) is 14.9 Å². The van der Waals surface area contributed by atoms with Crippen LogP contribution in [0.25, 0.3) is 11.1 Å². The highest BCUT2D eigenvalue weighted by molar-refractivity contribution is 9.10. The molecule has 0 aliphatic rings. The first kappa shape index (κ1) is 17.1. The Morgan fingerprint density at radius 2 is 2.04 bits per heavy atom. The first-order valence-electron chi connectivity index (χ1n) is 7.51. The Bertz CT molecular complexity index is 981. The number of oxazole rings is 1. The van der Waals surface area contributed by atoms with Crippen LogP contribution in [0.5, 0.6) is 0 Å². The van der Waals surface area contributed by atoms with Gasteiger partial charge in [0, 0.05) is 23.2 Å². The number of hydrogen-bond acceptors (Lipinski definition) is 5. The minimum atomic E-state index is -0.546. The second-order valence-electron chi connectivity index (χ2n) is 5.77. The van der Waals surface area contributed by atoms with Gasteiger partial charge in [-0.15, -0.1) is 0 Å². The van der Waals surface area contributed by atoms with Gasteiger partial charge >= 0.3 is 0 Å². The van der Waals surface area contributed by atoms with E-state index >= 15 is 0 Å². The number of nitrogens with one attached hydrogen (secondary N) is 1. The molecule has 0 aliphatic carbocycles. The molecular formula is C17H14BrN3O4. The summed E-state index contributed by atoms with van der Waals surface area (Å²) in [7, 11) is 0. The molecule has 0 radical (unpaired) electrons. The summed E-state index contributed by atoms with van der Waals surface area (Å²) in [5, 5.41) is 13.7. The van der Waals surface area contributed by atoms with Crippen LogP contribution in [0.4, 0.5) is 11.4 Å². The van der Waals surface area contributed by atoms with E-state index in [1.165, 1.54) is 18.2 Å². The van der Waals surface area contributed by atoms with E-state index in [0.29, 0.717) is 27.2 Å². The normalized spacial score (nSPS) is 11.0. The molecule has 3 rings (SSSR count). The summed E-state index contributed by atoms with van der Waals surface area (Å²) in [6.07, 6.45) is 0. The monoisotopic (exact) mass is 403 g/mol. The number of halogens is 1. The molecule has 2 aromatic carbocycles. The van der Waals surface area contributed by atoms with Crippen molar-refractivity contribution in [3.05, 3.63) is 62.4 Å². The van der Waals surface area contributed by atoms with Crippen LogP contribution < -0.4 is 5.32 Å². The lowest BCUT2D eigenvalue weighted by atomic mass is 10.2. The van der Waals surface area contributed by atoms with Crippen LogP contribution in [0.3, 0.4) is 0 Å². The summed E-state index contributed by atoms with van der Waals surface area (Å²) in [5.74, 6) is 0.346. The van der Waals surface area contributed by atoms with Crippen LogP contribution in [0.2, 0.25) is 0 Å². The van der Waals surface area contributed by atoms with Gasteiger partial charge in [-0.05, 0) is 46.3 Å². The molecular weight excluding hydrogens is 390 g/mol. The zero-order valence-electron chi connectivity index (χ0n) is 13.4. The smallest absolute Gasteiger partial charge is 0.284 e. The van der Waals surface area contributed by atoms with Crippen molar-refractivity contribution in [2.24, 2.45) is 0 Å². The fraction of sp³-hybridized carbons (Fsp3) is 0.176. The number of carbonyl (C=O) groups excluding carboxylic acids is 1. The molecule has 1 amide bonds. The van der Waals surface area contributed by atoms with E-state index in [4.69, 9.17) is 4.42 Å². The van der Waals surface area contributed by atoms with E-state index in [0.717, 1.165) is 0 Å². The minimum absolute atomic E-state index is 0.161. The largest absolute Gasteiger partial charge is 0.440 e. The lowest BCUT2D eigenvalue weighted by Crippen LogP contribution is -2.12. The number of nitro benzene ring substituents is 1. The van der Waals surface area contributed by atoms with Crippen LogP contribution in [0, 0.1) is 10.1 Å². The van der Waals surface area contributed by atoms with Crippen molar-refractivity contribution >= 4 is 44.3 Å². The third-order valence-corrected chi connectivity index (χ3v) is 4.23. The van der Waals surface area contributed by atoms with Gasteiger partial charge in [-0.1, -0.05) is 13.8 Å². The van der Waals surface area contributed by atoms with Crippen molar-refractivity contribution in [3.63, 3.8) is 0 Å². The number of nitrogens with zero attached hydrogens (tertiary/aromatic N) is 2. The quantitative estimate of drug-likeness (QED) is 0.494. The molecule has 0 saturated carbocycles. The summed E-state index contributed by atoms with van der Waals surface area (Å²) >= 11 is 3.10. The maximum atomic E-state index is 12.4. The number of amides is 1. The van der Waals surface area contributed by atoms with Gasteiger partial charge in [-0.2, -0.15) is 0 Å². The van der Waals surface area contributed by atoms with Crippen LogP contribution in [-0.4, -0.2) is 15.8 Å². The Morgan fingerprint density at radius 3 is 2.72 bits per heavy atom. The standard InChI is InChI=1S/C17H14BrN3O4/c1-9(2)17-20-13-8-11(4-6-15(13)25-17)19-16(22)10-3-5-12(18)14(7-10)21(23)24/h3-9H,1-2H3,(H,19,22). The van der Waals surface area contributed by atoms with Gasteiger partial charge in [0.1, 0.15) is 5.52 Å². The lowest BCUT2D eigenvalue weighted by Gasteiger charge is -2.05. The van der Waals surface area contributed by atoms with Gasteiger partial charge in [0.2, 0.25) is 0 Å². The van der Waals surface area contributed by atoms with E-state index in [9.17, 15) is 14.9 Å². The Labute approximate surface area is 151 Å². The van der Waals surface area contributed by atoms with E-state index in [1.807, 2.05) is 13.8 Å². The molecule has 128 valence electrons. The number of carbonyl (C=O) groups is 1. The Hall–Kier alpha value is -2.74. The highest BCUT2D eigenvalue weighted by atomic mass is 79.9. The maximum Gasteiger partial charge on any atom is 0.284 e. The number of fused-ring (bicyclic) bond motifs is 1. The second kappa shape index (κ2) is 6.64. The molecule has 0 unspecified atom stereocenters. The van der Waals surface area contributed by atoms with Gasteiger partial charge < -0.3 is 9.73 Å². The first-order chi connectivity index (χ1) is 11.8. The molecule has 0 spiro atoms. The molecule has 0 bridgehead atoms. The van der Waals surface area contributed by atoms with Gasteiger partial charge in [-0.25, -0.2) is 4.98 Å². The van der Waals surface area contributed by atoms with Gasteiger partial charge in [0.25, 0.3) is 11.6 Å². The van der Waals surface area contributed by atoms with E-state index in [2.05, 4.69) is 26.2 Å². The molecule has 7 nitrogen and oxygen atoms in total.